The quantitative estimate of drug-likeness (QED) is 0.519. The number of piperidine rings is 1. The van der Waals surface area contributed by atoms with E-state index in [1.165, 1.54) is 6.07 Å². The van der Waals surface area contributed by atoms with Crippen LogP contribution < -0.4 is 21.7 Å². The largest absolute Gasteiger partial charge is 0.389 e. The van der Waals surface area contributed by atoms with E-state index in [2.05, 4.69) is 20.3 Å². The van der Waals surface area contributed by atoms with Gasteiger partial charge in [0.2, 0.25) is 0 Å². The van der Waals surface area contributed by atoms with Crippen molar-refractivity contribution in [1.82, 2.24) is 14.8 Å². The van der Waals surface area contributed by atoms with E-state index >= 15 is 0 Å². The molecule has 1 amide bonds. The number of aromatic nitrogens is 3. The lowest BCUT2D eigenvalue weighted by molar-refractivity contribution is 0.102. The molecule has 0 saturated carbocycles. The van der Waals surface area contributed by atoms with Crippen LogP contribution in [0.3, 0.4) is 0 Å². The van der Waals surface area contributed by atoms with Crippen LogP contribution in [0.2, 0.25) is 0 Å². The zero-order valence-electron chi connectivity index (χ0n) is 17.6. The van der Waals surface area contributed by atoms with E-state index in [9.17, 15) is 13.6 Å². The Morgan fingerprint density at radius 1 is 1.34 bits per heavy atom. The van der Waals surface area contributed by atoms with Gasteiger partial charge in [-0.1, -0.05) is 17.4 Å². The van der Waals surface area contributed by atoms with Crippen molar-refractivity contribution in [3.8, 4) is 10.6 Å². The fourth-order valence-electron chi connectivity index (χ4n) is 4.11. The Labute approximate surface area is 188 Å². The molecule has 1 aromatic carbocycles. The molecule has 170 valence electrons. The van der Waals surface area contributed by atoms with Gasteiger partial charge in [0.25, 0.3) is 5.91 Å². The SMILES string of the molecule is Cn1ncc(NC(=O)c2nc(-c3c(F)cccc3F)sc2N)c1N1CCC[C@H](CCN)C1. The van der Waals surface area contributed by atoms with Crippen molar-refractivity contribution in [3.63, 3.8) is 0 Å². The molecule has 0 spiro atoms. The monoisotopic (exact) mass is 461 g/mol. The van der Waals surface area contributed by atoms with Crippen LogP contribution >= 0.6 is 11.3 Å². The van der Waals surface area contributed by atoms with Gasteiger partial charge in [-0.25, -0.2) is 13.8 Å². The summed E-state index contributed by atoms with van der Waals surface area (Å²) in [6.07, 6.45) is 4.67. The van der Waals surface area contributed by atoms with Gasteiger partial charge in [0.05, 0.1) is 11.8 Å². The first kappa shape index (κ1) is 22.2. The zero-order valence-corrected chi connectivity index (χ0v) is 18.5. The molecule has 2 aromatic heterocycles. The fourth-order valence-corrected chi connectivity index (χ4v) is 4.99. The predicted molar refractivity (Wildman–Crippen MR) is 122 cm³/mol. The lowest BCUT2D eigenvalue weighted by atomic mass is 9.95. The molecule has 5 N–H and O–H groups in total. The molecule has 3 aromatic rings. The maximum Gasteiger partial charge on any atom is 0.277 e. The Bertz CT molecular complexity index is 1110. The van der Waals surface area contributed by atoms with Gasteiger partial charge in [0.1, 0.15) is 27.3 Å². The molecular formula is C21H25F2N7OS. The number of nitrogen functional groups attached to an aromatic ring is 1. The van der Waals surface area contributed by atoms with E-state index in [-0.39, 0.29) is 21.3 Å². The van der Waals surface area contributed by atoms with Gasteiger partial charge < -0.3 is 21.7 Å². The van der Waals surface area contributed by atoms with E-state index in [0.717, 1.165) is 61.6 Å². The number of carbonyl (C=O) groups is 1. The molecule has 11 heteroatoms. The van der Waals surface area contributed by atoms with Crippen LogP contribution in [0.1, 0.15) is 29.8 Å². The topological polar surface area (TPSA) is 115 Å². The van der Waals surface area contributed by atoms with Crippen molar-refractivity contribution in [2.75, 3.05) is 35.6 Å². The highest BCUT2D eigenvalue weighted by Crippen LogP contribution is 2.35. The molecule has 0 bridgehead atoms. The highest BCUT2D eigenvalue weighted by Gasteiger charge is 2.26. The van der Waals surface area contributed by atoms with Crippen molar-refractivity contribution in [2.45, 2.75) is 19.3 Å². The second kappa shape index (κ2) is 9.21. The second-order valence-electron chi connectivity index (χ2n) is 7.82. The number of rotatable bonds is 6. The smallest absolute Gasteiger partial charge is 0.277 e. The Balaban J connectivity index is 1.58. The molecule has 0 radical (unpaired) electrons. The third kappa shape index (κ3) is 4.30. The second-order valence-corrected chi connectivity index (χ2v) is 8.85. The zero-order chi connectivity index (χ0) is 22.8. The van der Waals surface area contributed by atoms with Crippen molar-refractivity contribution in [3.05, 3.63) is 41.7 Å². The Kier molecular flexibility index (Phi) is 6.38. The van der Waals surface area contributed by atoms with Gasteiger partial charge in [-0.3, -0.25) is 9.48 Å². The van der Waals surface area contributed by atoms with Gasteiger partial charge >= 0.3 is 0 Å². The third-order valence-corrected chi connectivity index (χ3v) is 6.50. The summed E-state index contributed by atoms with van der Waals surface area (Å²) in [5, 5.41) is 7.20. The standard InChI is InChI=1S/C21H25F2N7OS/c1-29-21(30-9-3-4-12(11-30)7-8-24)15(10-26-29)27-19(31)17-18(25)32-20(28-17)16-13(22)5-2-6-14(16)23/h2,5-6,10,12H,3-4,7-9,11,24-25H2,1H3,(H,27,31)/t12-/m1/s1. The van der Waals surface area contributed by atoms with Crippen LogP contribution in [0.5, 0.6) is 0 Å². The molecule has 1 aliphatic rings. The summed E-state index contributed by atoms with van der Waals surface area (Å²) >= 11 is 0.861. The summed E-state index contributed by atoms with van der Waals surface area (Å²) in [4.78, 5) is 19.3. The van der Waals surface area contributed by atoms with Crippen molar-refractivity contribution in [1.29, 1.82) is 0 Å². The van der Waals surface area contributed by atoms with Gasteiger partial charge in [0.15, 0.2) is 11.5 Å². The molecule has 3 heterocycles. The van der Waals surface area contributed by atoms with E-state index < -0.39 is 17.5 Å². The van der Waals surface area contributed by atoms with Crippen LogP contribution in [0.15, 0.2) is 24.4 Å². The lowest BCUT2D eigenvalue weighted by Gasteiger charge is -2.34. The predicted octanol–water partition coefficient (Wildman–Crippen LogP) is 3.22. The molecule has 1 fully saturated rings. The molecule has 1 aliphatic heterocycles. The van der Waals surface area contributed by atoms with Gasteiger partial charge in [-0.05, 0) is 43.9 Å². The molecule has 0 aliphatic carbocycles. The molecular weight excluding hydrogens is 436 g/mol. The highest BCUT2D eigenvalue weighted by atomic mass is 32.1. The molecule has 4 rings (SSSR count). The molecule has 1 saturated heterocycles. The van der Waals surface area contributed by atoms with Crippen LogP contribution in [-0.2, 0) is 7.05 Å². The number of nitrogens with zero attached hydrogens (tertiary/aromatic N) is 4. The maximum atomic E-state index is 14.1. The number of hydrogen-bond acceptors (Lipinski definition) is 7. The minimum Gasteiger partial charge on any atom is -0.389 e. The summed E-state index contributed by atoms with van der Waals surface area (Å²) in [7, 11) is 1.81. The Hall–Kier alpha value is -3.05. The first-order valence-electron chi connectivity index (χ1n) is 10.4. The average molecular weight is 462 g/mol. The lowest BCUT2D eigenvalue weighted by Crippen LogP contribution is -2.37. The van der Waals surface area contributed by atoms with Crippen molar-refractivity contribution >= 4 is 33.8 Å². The summed E-state index contributed by atoms with van der Waals surface area (Å²) in [5.41, 5.74) is 11.9. The number of amides is 1. The van der Waals surface area contributed by atoms with E-state index in [0.29, 0.717) is 18.2 Å². The highest BCUT2D eigenvalue weighted by molar-refractivity contribution is 7.19. The van der Waals surface area contributed by atoms with E-state index in [1.807, 2.05) is 7.05 Å². The van der Waals surface area contributed by atoms with Crippen LogP contribution in [0.25, 0.3) is 10.6 Å². The van der Waals surface area contributed by atoms with Crippen molar-refractivity contribution < 1.29 is 13.6 Å². The van der Waals surface area contributed by atoms with Crippen LogP contribution in [-0.4, -0.2) is 40.3 Å². The fraction of sp³-hybridized carbons (Fsp3) is 0.381. The summed E-state index contributed by atoms with van der Waals surface area (Å²) in [6.45, 7) is 2.32. The normalized spacial score (nSPS) is 16.4. The number of nitrogens with one attached hydrogen (secondary N) is 1. The summed E-state index contributed by atoms with van der Waals surface area (Å²) in [5.74, 6) is -0.824. The van der Waals surface area contributed by atoms with Crippen molar-refractivity contribution in [2.24, 2.45) is 18.7 Å². The summed E-state index contributed by atoms with van der Waals surface area (Å²) in [6, 6.07) is 3.53. The number of anilines is 3. The number of carbonyl (C=O) groups excluding carboxylic acids is 1. The van der Waals surface area contributed by atoms with Gasteiger partial charge in [-0.2, -0.15) is 5.10 Å². The van der Waals surface area contributed by atoms with E-state index in [1.54, 1.807) is 10.9 Å². The van der Waals surface area contributed by atoms with Gasteiger partial charge in [-0.15, -0.1) is 0 Å². The maximum absolute atomic E-state index is 14.1. The number of hydrogen-bond donors (Lipinski definition) is 3. The Morgan fingerprint density at radius 3 is 2.81 bits per heavy atom. The van der Waals surface area contributed by atoms with Gasteiger partial charge in [0, 0.05) is 20.1 Å². The molecule has 1 atom stereocenters. The Morgan fingerprint density at radius 2 is 2.09 bits per heavy atom. The number of thiazole rings is 1. The number of halogens is 2. The molecule has 0 unspecified atom stereocenters. The van der Waals surface area contributed by atoms with E-state index in [4.69, 9.17) is 11.5 Å². The first-order valence-corrected chi connectivity index (χ1v) is 11.2. The molecule has 8 nitrogen and oxygen atoms in total. The number of aryl methyl sites for hydroxylation is 1. The third-order valence-electron chi connectivity index (χ3n) is 5.59. The minimum atomic E-state index is -0.766. The average Bonchev–Trinajstić information content (AvgIpc) is 3.31. The van der Waals surface area contributed by atoms with Crippen LogP contribution in [0, 0.1) is 17.6 Å². The van der Waals surface area contributed by atoms with Crippen LogP contribution in [0.4, 0.5) is 25.3 Å². The number of benzene rings is 1. The minimum absolute atomic E-state index is 0.00955. The summed E-state index contributed by atoms with van der Waals surface area (Å²) < 4.78 is 30.0. The number of nitrogens with two attached hydrogens (primary N) is 2. The molecule has 32 heavy (non-hydrogen) atoms. The first-order chi connectivity index (χ1) is 15.4.